The van der Waals surface area contributed by atoms with E-state index in [1.165, 1.54) is 44.1 Å². The number of hydrogen-bond donors (Lipinski definition) is 0. The molecular weight excluding hydrogens is 384 g/mol. The Morgan fingerprint density at radius 3 is 1.67 bits per heavy atom. The van der Waals surface area contributed by atoms with Crippen LogP contribution in [0.15, 0.2) is 18.2 Å². The summed E-state index contributed by atoms with van der Waals surface area (Å²) in [4.78, 5) is 0. The van der Waals surface area contributed by atoms with Gasteiger partial charge in [-0.05, 0) is 30.5 Å². The van der Waals surface area contributed by atoms with Crippen molar-refractivity contribution in [1.82, 2.24) is 0 Å². The van der Waals surface area contributed by atoms with Crippen LogP contribution in [0.25, 0.3) is 0 Å². The number of unbranched alkanes of at least 4 members (excludes halogenated alkanes) is 5. The maximum absolute atomic E-state index is 5.98. The predicted octanol–water partition coefficient (Wildman–Crippen LogP) is 4.43. The molecule has 6 heteroatoms. The molecule has 0 unspecified atom stereocenters. The van der Waals surface area contributed by atoms with Gasteiger partial charge in [0.2, 0.25) is 0 Å². The SMILES string of the molecule is CCCCCCCCc1ccc2c(c1)OCCOCCOCCOCCOCCO2. The van der Waals surface area contributed by atoms with Crippen molar-refractivity contribution in [3.63, 3.8) is 0 Å². The molecule has 0 spiro atoms. The Labute approximate surface area is 182 Å². The summed E-state index contributed by atoms with van der Waals surface area (Å²) in [7, 11) is 0. The van der Waals surface area contributed by atoms with Crippen LogP contribution in [-0.4, -0.2) is 66.1 Å². The van der Waals surface area contributed by atoms with Gasteiger partial charge >= 0.3 is 0 Å². The van der Waals surface area contributed by atoms with Gasteiger partial charge in [0, 0.05) is 0 Å². The van der Waals surface area contributed by atoms with Gasteiger partial charge in [0.1, 0.15) is 13.2 Å². The molecule has 2 rings (SSSR count). The van der Waals surface area contributed by atoms with Gasteiger partial charge in [-0.15, -0.1) is 0 Å². The fraction of sp³-hybridized carbons (Fsp3) is 0.750. The topological polar surface area (TPSA) is 55.4 Å². The zero-order valence-corrected chi connectivity index (χ0v) is 18.7. The van der Waals surface area contributed by atoms with Crippen LogP contribution in [0.1, 0.15) is 51.0 Å². The van der Waals surface area contributed by atoms with Gasteiger partial charge in [-0.1, -0.05) is 45.1 Å². The Hall–Kier alpha value is -1.34. The van der Waals surface area contributed by atoms with Crippen LogP contribution in [0.2, 0.25) is 0 Å². The predicted molar refractivity (Wildman–Crippen MR) is 118 cm³/mol. The number of ether oxygens (including phenoxy) is 6. The fourth-order valence-corrected chi connectivity index (χ4v) is 3.23. The highest BCUT2D eigenvalue weighted by Gasteiger charge is 2.08. The van der Waals surface area contributed by atoms with Gasteiger partial charge in [-0.2, -0.15) is 0 Å². The third-order valence-corrected chi connectivity index (χ3v) is 4.91. The van der Waals surface area contributed by atoms with Gasteiger partial charge in [-0.3, -0.25) is 0 Å². The van der Waals surface area contributed by atoms with Crippen LogP contribution in [-0.2, 0) is 25.4 Å². The van der Waals surface area contributed by atoms with E-state index in [2.05, 4.69) is 19.1 Å². The van der Waals surface area contributed by atoms with Gasteiger partial charge < -0.3 is 28.4 Å². The molecule has 0 N–H and O–H groups in total. The van der Waals surface area contributed by atoms with Gasteiger partial charge in [-0.25, -0.2) is 0 Å². The van der Waals surface area contributed by atoms with E-state index in [0.29, 0.717) is 66.1 Å². The fourth-order valence-electron chi connectivity index (χ4n) is 3.23. The molecule has 1 aromatic carbocycles. The average Bonchev–Trinajstić information content (AvgIpc) is 2.76. The Bertz CT molecular complexity index is 536. The molecule has 30 heavy (non-hydrogen) atoms. The number of rotatable bonds is 7. The van der Waals surface area contributed by atoms with Gasteiger partial charge in [0.05, 0.1) is 52.9 Å². The summed E-state index contributed by atoms with van der Waals surface area (Å²) in [5.74, 6) is 1.54. The van der Waals surface area contributed by atoms with Crippen LogP contribution in [0, 0.1) is 0 Å². The molecule has 0 bridgehead atoms. The van der Waals surface area contributed by atoms with Gasteiger partial charge in [0.25, 0.3) is 0 Å². The van der Waals surface area contributed by atoms with Crippen molar-refractivity contribution in [3.8, 4) is 11.5 Å². The first-order chi connectivity index (χ1) is 14.9. The van der Waals surface area contributed by atoms with Crippen molar-refractivity contribution in [2.24, 2.45) is 0 Å². The minimum atomic E-state index is 0.479. The number of hydrogen-bond acceptors (Lipinski definition) is 6. The molecule has 1 heterocycles. The van der Waals surface area contributed by atoms with Crippen LogP contribution in [0.3, 0.4) is 0 Å². The molecule has 0 saturated carbocycles. The van der Waals surface area contributed by atoms with Gasteiger partial charge in [0.15, 0.2) is 11.5 Å². The lowest BCUT2D eigenvalue weighted by molar-refractivity contribution is -0.00842. The monoisotopic (exact) mass is 424 g/mol. The van der Waals surface area contributed by atoms with E-state index in [1.54, 1.807) is 0 Å². The van der Waals surface area contributed by atoms with E-state index in [9.17, 15) is 0 Å². The molecule has 6 nitrogen and oxygen atoms in total. The van der Waals surface area contributed by atoms with Crippen molar-refractivity contribution in [1.29, 1.82) is 0 Å². The molecule has 0 fully saturated rings. The molecule has 0 saturated heterocycles. The second-order valence-corrected chi connectivity index (χ2v) is 7.45. The lowest BCUT2D eigenvalue weighted by Gasteiger charge is -2.15. The normalized spacial score (nSPS) is 17.8. The second kappa shape index (κ2) is 17.4. The van der Waals surface area contributed by atoms with E-state index in [4.69, 9.17) is 28.4 Å². The molecule has 0 radical (unpaired) electrons. The molecule has 0 amide bonds. The van der Waals surface area contributed by atoms with Crippen molar-refractivity contribution in [3.05, 3.63) is 23.8 Å². The highest BCUT2D eigenvalue weighted by molar-refractivity contribution is 5.43. The Balaban J connectivity index is 1.83. The highest BCUT2D eigenvalue weighted by Crippen LogP contribution is 2.29. The van der Waals surface area contributed by atoms with Crippen molar-refractivity contribution in [2.45, 2.75) is 51.9 Å². The standard InChI is InChI=1S/C24H40O6/c1-2-3-4-5-6-7-8-22-9-10-23-24(21-22)30-20-18-28-16-14-26-12-11-25-13-15-27-17-19-29-23/h9-10,21H,2-8,11-20H2,1H3. The van der Waals surface area contributed by atoms with Crippen LogP contribution < -0.4 is 9.47 Å². The third-order valence-electron chi connectivity index (χ3n) is 4.91. The van der Waals surface area contributed by atoms with E-state index in [0.717, 1.165) is 17.9 Å². The minimum Gasteiger partial charge on any atom is -0.487 e. The molecular formula is C24H40O6. The zero-order chi connectivity index (χ0) is 21.1. The summed E-state index contributed by atoms with van der Waals surface area (Å²) in [6.45, 7) is 7.59. The molecule has 0 aliphatic carbocycles. The number of benzene rings is 1. The summed E-state index contributed by atoms with van der Waals surface area (Å²) in [6.07, 6.45) is 8.86. The summed E-state index contributed by atoms with van der Waals surface area (Å²) in [6, 6.07) is 6.26. The molecule has 172 valence electrons. The maximum Gasteiger partial charge on any atom is 0.161 e. The summed E-state index contributed by atoms with van der Waals surface area (Å²) in [5, 5.41) is 0. The largest absolute Gasteiger partial charge is 0.487 e. The lowest BCUT2D eigenvalue weighted by atomic mass is 10.0. The van der Waals surface area contributed by atoms with Crippen LogP contribution in [0.5, 0.6) is 11.5 Å². The van der Waals surface area contributed by atoms with E-state index in [1.807, 2.05) is 6.07 Å². The minimum absolute atomic E-state index is 0.479. The van der Waals surface area contributed by atoms with Crippen molar-refractivity contribution < 1.29 is 28.4 Å². The van der Waals surface area contributed by atoms with E-state index >= 15 is 0 Å². The zero-order valence-electron chi connectivity index (χ0n) is 18.7. The molecule has 1 aliphatic heterocycles. The lowest BCUT2D eigenvalue weighted by Crippen LogP contribution is -2.16. The summed E-state index contributed by atoms with van der Waals surface area (Å²) in [5.41, 5.74) is 1.29. The smallest absolute Gasteiger partial charge is 0.161 e. The summed E-state index contributed by atoms with van der Waals surface area (Å²) >= 11 is 0. The van der Waals surface area contributed by atoms with Crippen LogP contribution in [0.4, 0.5) is 0 Å². The Morgan fingerprint density at radius 1 is 0.567 bits per heavy atom. The summed E-state index contributed by atoms with van der Waals surface area (Å²) < 4.78 is 34.0. The number of aryl methyl sites for hydroxylation is 1. The Morgan fingerprint density at radius 2 is 1.07 bits per heavy atom. The first-order valence-electron chi connectivity index (χ1n) is 11.6. The molecule has 0 atom stereocenters. The van der Waals surface area contributed by atoms with Crippen molar-refractivity contribution in [2.75, 3.05) is 66.1 Å². The highest BCUT2D eigenvalue weighted by atomic mass is 16.6. The first-order valence-corrected chi connectivity index (χ1v) is 11.6. The Kier molecular flexibility index (Phi) is 14.4. The first kappa shape index (κ1) is 24.9. The average molecular weight is 425 g/mol. The van der Waals surface area contributed by atoms with E-state index in [-0.39, 0.29) is 0 Å². The number of fused-ring (bicyclic) bond motifs is 1. The van der Waals surface area contributed by atoms with Crippen LogP contribution >= 0.6 is 0 Å². The maximum atomic E-state index is 5.98. The quantitative estimate of drug-likeness (QED) is 0.604. The van der Waals surface area contributed by atoms with Crippen molar-refractivity contribution >= 4 is 0 Å². The molecule has 1 aliphatic rings. The molecule has 1 aromatic rings. The molecule has 0 aromatic heterocycles. The van der Waals surface area contributed by atoms with E-state index < -0.39 is 0 Å². The second-order valence-electron chi connectivity index (χ2n) is 7.45. The third kappa shape index (κ3) is 11.7.